The molecule has 1 aromatic rings. The van der Waals surface area contributed by atoms with E-state index in [0.717, 1.165) is 0 Å². The number of benzene rings is 1. The average Bonchev–Trinajstić information content (AvgIpc) is 2.12. The van der Waals surface area contributed by atoms with Crippen molar-refractivity contribution in [3.8, 4) is 0 Å². The van der Waals surface area contributed by atoms with Crippen molar-refractivity contribution >= 4 is 0 Å². The predicted molar refractivity (Wildman–Crippen MR) is 56.6 cm³/mol. The summed E-state index contributed by atoms with van der Waals surface area (Å²) in [7, 11) is 0. The number of nitrogens with one attached hydrogen (secondary N) is 1. The lowest BCUT2D eigenvalue weighted by atomic mass is 9.96. The Morgan fingerprint density at radius 1 is 1.29 bits per heavy atom. The summed E-state index contributed by atoms with van der Waals surface area (Å²) in [5.74, 6) is 4.40. The Balaban J connectivity index is 3.12. The van der Waals surface area contributed by atoms with E-state index in [1.165, 1.54) is 6.07 Å². The minimum absolute atomic E-state index is 0.0320. The summed E-state index contributed by atoms with van der Waals surface area (Å²) in [6, 6.07) is 1.55. The molecule has 2 nitrogen and oxygen atoms in total. The molecule has 1 rings (SSSR count). The maximum atomic E-state index is 13.7. The maximum absolute atomic E-state index is 13.7. The van der Waals surface area contributed by atoms with E-state index in [-0.39, 0.29) is 5.56 Å². The number of hydrogen-bond acceptors (Lipinski definition) is 2. The summed E-state index contributed by atoms with van der Waals surface area (Å²) in [5, 5.41) is 0. The number of alkyl halides is 3. The Hall–Kier alpha value is -1.14. The van der Waals surface area contributed by atoms with Gasteiger partial charge in [-0.05, 0) is 31.0 Å². The minimum Gasteiger partial charge on any atom is -0.271 e. The molecule has 1 atom stereocenters. The van der Waals surface area contributed by atoms with Crippen molar-refractivity contribution in [2.24, 2.45) is 5.84 Å². The molecule has 0 heterocycles. The third kappa shape index (κ3) is 3.67. The van der Waals surface area contributed by atoms with Gasteiger partial charge in [0.15, 0.2) is 0 Å². The van der Waals surface area contributed by atoms with Crippen LogP contribution in [0, 0.1) is 19.7 Å². The highest BCUT2D eigenvalue weighted by atomic mass is 19.4. The van der Waals surface area contributed by atoms with E-state index >= 15 is 0 Å². The zero-order valence-electron chi connectivity index (χ0n) is 9.53. The lowest BCUT2D eigenvalue weighted by Gasteiger charge is -2.21. The molecule has 0 bridgehead atoms. The van der Waals surface area contributed by atoms with Crippen LogP contribution in [0.5, 0.6) is 0 Å². The first kappa shape index (κ1) is 13.9. The number of nitrogens with two attached hydrogens (primary N) is 1. The van der Waals surface area contributed by atoms with Gasteiger partial charge >= 0.3 is 6.18 Å². The SMILES string of the molecule is Cc1cc(C)c(C(CC(F)(F)F)NN)c(F)c1. The molecule has 0 saturated carbocycles. The highest BCUT2D eigenvalue weighted by Gasteiger charge is 2.33. The van der Waals surface area contributed by atoms with E-state index in [1.54, 1.807) is 19.9 Å². The van der Waals surface area contributed by atoms with Crippen LogP contribution in [-0.2, 0) is 0 Å². The first-order chi connectivity index (χ1) is 7.74. The van der Waals surface area contributed by atoms with Gasteiger partial charge in [-0.3, -0.25) is 11.3 Å². The maximum Gasteiger partial charge on any atom is 0.390 e. The molecule has 0 amide bonds. The van der Waals surface area contributed by atoms with Gasteiger partial charge < -0.3 is 0 Å². The molecule has 1 aromatic carbocycles. The number of rotatable bonds is 3. The van der Waals surface area contributed by atoms with E-state index in [1.807, 2.05) is 5.43 Å². The molecule has 96 valence electrons. The molecule has 0 aromatic heterocycles. The van der Waals surface area contributed by atoms with Gasteiger partial charge in [0.25, 0.3) is 0 Å². The molecule has 0 aliphatic heterocycles. The van der Waals surface area contributed by atoms with Gasteiger partial charge in [0, 0.05) is 5.56 Å². The summed E-state index contributed by atoms with van der Waals surface area (Å²) in [5.41, 5.74) is 3.10. The van der Waals surface area contributed by atoms with Crippen LogP contribution in [-0.4, -0.2) is 6.18 Å². The lowest BCUT2D eigenvalue weighted by molar-refractivity contribution is -0.140. The second kappa shape index (κ2) is 5.01. The van der Waals surface area contributed by atoms with Crippen molar-refractivity contribution in [1.29, 1.82) is 0 Å². The zero-order chi connectivity index (χ0) is 13.2. The van der Waals surface area contributed by atoms with Crippen molar-refractivity contribution in [3.05, 3.63) is 34.6 Å². The van der Waals surface area contributed by atoms with Gasteiger partial charge in [0.05, 0.1) is 12.5 Å². The second-order valence-electron chi connectivity index (χ2n) is 4.02. The average molecular weight is 250 g/mol. The molecular formula is C11H14F4N2. The summed E-state index contributed by atoms with van der Waals surface area (Å²) in [6.07, 6.45) is -5.61. The fourth-order valence-corrected chi connectivity index (χ4v) is 1.84. The number of hydrogen-bond donors (Lipinski definition) is 2. The molecule has 1 unspecified atom stereocenters. The standard InChI is InChI=1S/C11H14F4N2/c1-6-3-7(2)10(8(12)4-6)9(17-16)5-11(13,14)15/h3-4,9,17H,5,16H2,1-2H3. The van der Waals surface area contributed by atoms with Crippen LogP contribution in [0.4, 0.5) is 17.6 Å². The second-order valence-corrected chi connectivity index (χ2v) is 4.02. The predicted octanol–water partition coefficient (Wildman–Crippen LogP) is 2.90. The summed E-state index contributed by atoms with van der Waals surface area (Å²) in [4.78, 5) is 0. The van der Waals surface area contributed by atoms with Gasteiger partial charge in [0.2, 0.25) is 0 Å². The smallest absolute Gasteiger partial charge is 0.271 e. The van der Waals surface area contributed by atoms with Crippen LogP contribution in [0.1, 0.15) is 29.2 Å². The fraction of sp³-hybridized carbons (Fsp3) is 0.455. The quantitative estimate of drug-likeness (QED) is 0.492. The first-order valence-electron chi connectivity index (χ1n) is 5.04. The van der Waals surface area contributed by atoms with Crippen LogP contribution < -0.4 is 11.3 Å². The molecule has 0 radical (unpaired) electrons. The summed E-state index contributed by atoms with van der Waals surface area (Å²) in [6.45, 7) is 3.24. The Labute approximate surface area is 96.8 Å². The van der Waals surface area contributed by atoms with Crippen molar-refractivity contribution in [2.45, 2.75) is 32.5 Å². The van der Waals surface area contributed by atoms with E-state index in [0.29, 0.717) is 11.1 Å². The number of aryl methyl sites for hydroxylation is 2. The van der Waals surface area contributed by atoms with Gasteiger partial charge in [-0.1, -0.05) is 6.07 Å². The van der Waals surface area contributed by atoms with Crippen LogP contribution in [0.2, 0.25) is 0 Å². The Kier molecular flexibility index (Phi) is 4.11. The highest BCUT2D eigenvalue weighted by molar-refractivity contribution is 5.34. The van der Waals surface area contributed by atoms with Crippen molar-refractivity contribution in [1.82, 2.24) is 5.43 Å². The van der Waals surface area contributed by atoms with Gasteiger partial charge in [-0.15, -0.1) is 0 Å². The topological polar surface area (TPSA) is 38.0 Å². The normalized spacial score (nSPS) is 13.8. The van der Waals surface area contributed by atoms with Crippen LogP contribution in [0.15, 0.2) is 12.1 Å². The number of halogens is 4. The third-order valence-electron chi connectivity index (χ3n) is 2.47. The molecule has 0 spiro atoms. The van der Waals surface area contributed by atoms with Gasteiger partial charge in [-0.2, -0.15) is 13.2 Å². The molecule has 0 aliphatic rings. The summed E-state index contributed by atoms with van der Waals surface area (Å²) < 4.78 is 50.6. The van der Waals surface area contributed by atoms with Gasteiger partial charge in [0.1, 0.15) is 5.82 Å². The van der Waals surface area contributed by atoms with E-state index in [2.05, 4.69) is 0 Å². The molecule has 0 fully saturated rings. The van der Waals surface area contributed by atoms with Gasteiger partial charge in [-0.25, -0.2) is 4.39 Å². The Morgan fingerprint density at radius 2 is 1.88 bits per heavy atom. The molecule has 0 aliphatic carbocycles. The van der Waals surface area contributed by atoms with Crippen molar-refractivity contribution in [2.75, 3.05) is 0 Å². The molecule has 17 heavy (non-hydrogen) atoms. The Bertz CT molecular complexity index is 378. The zero-order valence-corrected chi connectivity index (χ0v) is 9.53. The molecule has 6 heteroatoms. The highest BCUT2D eigenvalue weighted by Crippen LogP contribution is 2.32. The van der Waals surface area contributed by atoms with E-state index in [4.69, 9.17) is 5.84 Å². The van der Waals surface area contributed by atoms with Crippen LogP contribution in [0.25, 0.3) is 0 Å². The first-order valence-corrected chi connectivity index (χ1v) is 5.04. The summed E-state index contributed by atoms with van der Waals surface area (Å²) >= 11 is 0. The third-order valence-corrected chi connectivity index (χ3v) is 2.47. The molecular weight excluding hydrogens is 236 g/mol. The van der Waals surface area contributed by atoms with Crippen LogP contribution >= 0.6 is 0 Å². The van der Waals surface area contributed by atoms with Crippen molar-refractivity contribution in [3.63, 3.8) is 0 Å². The Morgan fingerprint density at radius 3 is 2.29 bits per heavy atom. The van der Waals surface area contributed by atoms with Crippen LogP contribution in [0.3, 0.4) is 0 Å². The lowest BCUT2D eigenvalue weighted by Crippen LogP contribution is -2.33. The monoisotopic (exact) mass is 250 g/mol. The molecule has 0 saturated heterocycles. The fourth-order valence-electron chi connectivity index (χ4n) is 1.84. The molecule has 3 N–H and O–H groups in total. The van der Waals surface area contributed by atoms with E-state index in [9.17, 15) is 17.6 Å². The number of hydrazine groups is 1. The largest absolute Gasteiger partial charge is 0.390 e. The minimum atomic E-state index is -4.40. The van der Waals surface area contributed by atoms with E-state index < -0.39 is 24.5 Å². The van der Waals surface area contributed by atoms with Crippen molar-refractivity contribution < 1.29 is 17.6 Å².